The van der Waals surface area contributed by atoms with Crippen LogP contribution in [0.25, 0.3) is 0 Å². The molecule has 2 rings (SSSR count). The van der Waals surface area contributed by atoms with Crippen molar-refractivity contribution in [2.75, 3.05) is 5.73 Å². The van der Waals surface area contributed by atoms with Gasteiger partial charge in [-0.2, -0.15) is 0 Å². The van der Waals surface area contributed by atoms with E-state index < -0.39 is 0 Å². The van der Waals surface area contributed by atoms with Crippen molar-refractivity contribution in [2.24, 2.45) is 0 Å². The van der Waals surface area contributed by atoms with E-state index in [0.29, 0.717) is 0 Å². The summed E-state index contributed by atoms with van der Waals surface area (Å²) in [4.78, 5) is 2.49. The second kappa shape index (κ2) is 4.62. The molecule has 0 aliphatic heterocycles. The molecular weight excluding hydrogens is 214 g/mol. The lowest BCUT2D eigenvalue weighted by Gasteiger charge is -2.07. The van der Waals surface area contributed by atoms with Gasteiger partial charge in [-0.1, -0.05) is 35.5 Å². The summed E-state index contributed by atoms with van der Waals surface area (Å²) in [6.45, 7) is 4.22. The normalized spacial score (nSPS) is 10.4. The zero-order valence-electron chi connectivity index (χ0n) is 9.53. The molecule has 0 saturated heterocycles. The van der Waals surface area contributed by atoms with Crippen LogP contribution in [-0.4, -0.2) is 0 Å². The second-order valence-electron chi connectivity index (χ2n) is 3.94. The fraction of sp³-hybridized carbons (Fsp3) is 0.143. The summed E-state index contributed by atoms with van der Waals surface area (Å²) >= 11 is 1.76. The number of rotatable bonds is 2. The summed E-state index contributed by atoms with van der Waals surface area (Å²) in [7, 11) is 0. The summed E-state index contributed by atoms with van der Waals surface area (Å²) in [5.41, 5.74) is 9.17. The van der Waals surface area contributed by atoms with Crippen LogP contribution in [0.2, 0.25) is 0 Å². The van der Waals surface area contributed by atoms with E-state index in [-0.39, 0.29) is 0 Å². The van der Waals surface area contributed by atoms with E-state index in [0.717, 1.165) is 5.69 Å². The third kappa shape index (κ3) is 2.58. The first-order chi connectivity index (χ1) is 7.65. The van der Waals surface area contributed by atoms with Crippen LogP contribution in [0.4, 0.5) is 5.69 Å². The molecule has 0 unspecified atom stereocenters. The monoisotopic (exact) mass is 229 g/mol. The van der Waals surface area contributed by atoms with Gasteiger partial charge in [0.25, 0.3) is 0 Å². The topological polar surface area (TPSA) is 26.0 Å². The number of nitrogen functional groups attached to an aromatic ring is 1. The summed E-state index contributed by atoms with van der Waals surface area (Å²) < 4.78 is 0. The Hall–Kier alpha value is -1.41. The molecule has 2 heteroatoms. The van der Waals surface area contributed by atoms with Gasteiger partial charge in [-0.15, -0.1) is 0 Å². The molecule has 2 aromatic rings. The number of benzene rings is 2. The van der Waals surface area contributed by atoms with Crippen molar-refractivity contribution in [3.8, 4) is 0 Å². The van der Waals surface area contributed by atoms with Gasteiger partial charge in [0, 0.05) is 15.5 Å². The van der Waals surface area contributed by atoms with E-state index in [9.17, 15) is 0 Å². The first-order valence-corrected chi connectivity index (χ1v) is 6.07. The van der Waals surface area contributed by atoms with Gasteiger partial charge in [0.05, 0.1) is 0 Å². The fourth-order valence-electron chi connectivity index (χ4n) is 1.53. The molecule has 0 aromatic heterocycles. The van der Waals surface area contributed by atoms with E-state index in [1.807, 2.05) is 12.1 Å². The zero-order valence-corrected chi connectivity index (χ0v) is 10.3. The molecule has 0 bridgehead atoms. The van der Waals surface area contributed by atoms with Gasteiger partial charge in [-0.25, -0.2) is 0 Å². The van der Waals surface area contributed by atoms with Gasteiger partial charge in [-0.05, 0) is 43.7 Å². The highest BCUT2D eigenvalue weighted by Gasteiger charge is 2.01. The Labute approximate surface area is 101 Å². The van der Waals surface area contributed by atoms with E-state index in [2.05, 4.69) is 44.2 Å². The van der Waals surface area contributed by atoms with Gasteiger partial charge < -0.3 is 5.73 Å². The number of aryl methyl sites for hydroxylation is 2. The lowest BCUT2D eigenvalue weighted by atomic mass is 10.2. The molecule has 0 saturated carbocycles. The molecule has 0 fully saturated rings. The average molecular weight is 229 g/mol. The number of anilines is 1. The Bertz CT molecular complexity index is 506. The third-order valence-corrected chi connectivity index (χ3v) is 3.58. The third-order valence-electron chi connectivity index (χ3n) is 2.43. The van der Waals surface area contributed by atoms with Crippen LogP contribution in [0.3, 0.4) is 0 Å². The number of hydrogen-bond acceptors (Lipinski definition) is 2. The SMILES string of the molecule is Cc1cccc(Sc2cc(N)ccc2C)c1. The van der Waals surface area contributed by atoms with Crippen LogP contribution in [0.15, 0.2) is 52.3 Å². The maximum Gasteiger partial charge on any atom is 0.0325 e. The van der Waals surface area contributed by atoms with E-state index in [4.69, 9.17) is 5.73 Å². The summed E-state index contributed by atoms with van der Waals surface area (Å²) in [5.74, 6) is 0. The molecule has 0 aliphatic carbocycles. The quantitative estimate of drug-likeness (QED) is 0.787. The van der Waals surface area contributed by atoms with Crippen molar-refractivity contribution in [3.05, 3.63) is 53.6 Å². The van der Waals surface area contributed by atoms with Crippen LogP contribution >= 0.6 is 11.8 Å². The van der Waals surface area contributed by atoms with Crippen molar-refractivity contribution >= 4 is 17.4 Å². The smallest absolute Gasteiger partial charge is 0.0325 e. The predicted octanol–water partition coefficient (Wildman–Crippen LogP) is 4.04. The van der Waals surface area contributed by atoms with Crippen molar-refractivity contribution in [1.29, 1.82) is 0 Å². The number of hydrogen-bond donors (Lipinski definition) is 1. The van der Waals surface area contributed by atoms with E-state index in [1.165, 1.54) is 20.9 Å². The highest BCUT2D eigenvalue weighted by molar-refractivity contribution is 7.99. The van der Waals surface area contributed by atoms with E-state index in [1.54, 1.807) is 11.8 Å². The molecule has 0 heterocycles. The Kier molecular flexibility index (Phi) is 3.20. The van der Waals surface area contributed by atoms with Gasteiger partial charge >= 0.3 is 0 Å². The van der Waals surface area contributed by atoms with Crippen LogP contribution in [0.1, 0.15) is 11.1 Å². The second-order valence-corrected chi connectivity index (χ2v) is 5.06. The molecule has 2 aromatic carbocycles. The van der Waals surface area contributed by atoms with Crippen LogP contribution in [-0.2, 0) is 0 Å². The van der Waals surface area contributed by atoms with Gasteiger partial charge in [0.15, 0.2) is 0 Å². The van der Waals surface area contributed by atoms with Gasteiger partial charge in [-0.3, -0.25) is 0 Å². The van der Waals surface area contributed by atoms with Crippen LogP contribution in [0, 0.1) is 13.8 Å². The number of nitrogens with two attached hydrogens (primary N) is 1. The zero-order chi connectivity index (χ0) is 11.5. The molecular formula is C14H15NS. The Morgan fingerprint density at radius 2 is 1.81 bits per heavy atom. The molecule has 0 radical (unpaired) electrons. The van der Waals surface area contributed by atoms with Gasteiger partial charge in [0.2, 0.25) is 0 Å². The van der Waals surface area contributed by atoms with Crippen molar-refractivity contribution in [1.82, 2.24) is 0 Å². The largest absolute Gasteiger partial charge is 0.399 e. The highest BCUT2D eigenvalue weighted by Crippen LogP contribution is 2.31. The van der Waals surface area contributed by atoms with Gasteiger partial charge in [0.1, 0.15) is 0 Å². The maximum absolute atomic E-state index is 5.80. The highest BCUT2D eigenvalue weighted by atomic mass is 32.2. The van der Waals surface area contributed by atoms with E-state index >= 15 is 0 Å². The maximum atomic E-state index is 5.80. The lowest BCUT2D eigenvalue weighted by molar-refractivity contribution is 1.29. The molecule has 16 heavy (non-hydrogen) atoms. The molecule has 82 valence electrons. The minimum absolute atomic E-state index is 0.820. The predicted molar refractivity (Wildman–Crippen MR) is 70.9 cm³/mol. The minimum Gasteiger partial charge on any atom is -0.399 e. The Morgan fingerprint density at radius 1 is 1.00 bits per heavy atom. The molecule has 0 atom stereocenters. The first kappa shape index (κ1) is 11.1. The summed E-state index contributed by atoms with van der Waals surface area (Å²) in [6, 6.07) is 14.5. The summed E-state index contributed by atoms with van der Waals surface area (Å²) in [5, 5.41) is 0. The van der Waals surface area contributed by atoms with Crippen LogP contribution < -0.4 is 5.73 Å². The first-order valence-electron chi connectivity index (χ1n) is 5.26. The van der Waals surface area contributed by atoms with Crippen molar-refractivity contribution < 1.29 is 0 Å². The molecule has 2 N–H and O–H groups in total. The average Bonchev–Trinajstić information content (AvgIpc) is 2.24. The standard InChI is InChI=1S/C14H15NS/c1-10-4-3-5-13(8-10)16-14-9-12(15)7-6-11(14)2/h3-9H,15H2,1-2H3. The fourth-order valence-corrected chi connectivity index (χ4v) is 2.60. The summed E-state index contributed by atoms with van der Waals surface area (Å²) in [6.07, 6.45) is 0. The molecule has 1 nitrogen and oxygen atoms in total. The molecule has 0 aliphatic rings. The Morgan fingerprint density at radius 3 is 2.56 bits per heavy atom. The lowest BCUT2D eigenvalue weighted by Crippen LogP contribution is -1.87. The Balaban J connectivity index is 2.30. The molecule has 0 spiro atoms. The van der Waals surface area contributed by atoms with Crippen molar-refractivity contribution in [2.45, 2.75) is 23.6 Å². The van der Waals surface area contributed by atoms with Crippen molar-refractivity contribution in [3.63, 3.8) is 0 Å². The minimum atomic E-state index is 0.820. The van der Waals surface area contributed by atoms with Crippen LogP contribution in [0.5, 0.6) is 0 Å². The molecule has 0 amide bonds.